The fraction of sp³-hybridized carbons (Fsp3) is 0.550. The van der Waals surface area contributed by atoms with Crippen LogP contribution in [0.25, 0.3) is 0 Å². The van der Waals surface area contributed by atoms with Gasteiger partial charge in [0.05, 0.1) is 0 Å². The summed E-state index contributed by atoms with van der Waals surface area (Å²) in [6.45, 7) is 6.13. The number of amides is 3. The minimum Gasteiger partial charge on any atom is -0.484 e. The van der Waals surface area contributed by atoms with Gasteiger partial charge < -0.3 is 25.0 Å². The predicted octanol–water partition coefficient (Wildman–Crippen LogP) is 2.35. The molecular formula is C20H28ClN3O5. The number of hydrogen-bond acceptors (Lipinski definition) is 5. The summed E-state index contributed by atoms with van der Waals surface area (Å²) in [7, 11) is 0. The van der Waals surface area contributed by atoms with Crippen LogP contribution in [0.2, 0.25) is 5.02 Å². The van der Waals surface area contributed by atoms with Crippen LogP contribution >= 0.6 is 11.6 Å². The molecule has 0 saturated carbocycles. The fourth-order valence-corrected chi connectivity index (χ4v) is 2.91. The van der Waals surface area contributed by atoms with Gasteiger partial charge >= 0.3 is 6.09 Å². The first-order valence-electron chi connectivity index (χ1n) is 9.55. The standard InChI is InChI=1S/C20H28ClN3O5/c1-20(2,3)29-19(27)22-12-17(25)23-15-8-10-24(11-9-15)18(26)13-28-16-6-4-14(21)5-7-16/h4-7,15H,8-13H2,1-3H3,(H,22,27)(H,23,25). The molecule has 1 saturated heterocycles. The van der Waals surface area contributed by atoms with Crippen LogP contribution in [0.1, 0.15) is 33.6 Å². The van der Waals surface area contributed by atoms with Crippen LogP contribution in [0, 0.1) is 0 Å². The third kappa shape index (κ3) is 8.60. The van der Waals surface area contributed by atoms with Gasteiger partial charge in [-0.25, -0.2) is 4.79 Å². The largest absolute Gasteiger partial charge is 0.484 e. The van der Waals surface area contributed by atoms with E-state index in [0.717, 1.165) is 0 Å². The number of nitrogens with one attached hydrogen (secondary N) is 2. The summed E-state index contributed by atoms with van der Waals surface area (Å²) >= 11 is 5.82. The third-order valence-electron chi connectivity index (χ3n) is 4.18. The Morgan fingerprint density at radius 3 is 2.34 bits per heavy atom. The van der Waals surface area contributed by atoms with Crippen LogP contribution in [0.15, 0.2) is 24.3 Å². The molecule has 1 aliphatic rings. The van der Waals surface area contributed by atoms with Gasteiger partial charge in [-0.1, -0.05) is 11.6 Å². The van der Waals surface area contributed by atoms with E-state index in [-0.39, 0.29) is 31.0 Å². The van der Waals surface area contributed by atoms with E-state index in [4.69, 9.17) is 21.1 Å². The average Bonchev–Trinajstić information content (AvgIpc) is 2.65. The maximum atomic E-state index is 12.3. The normalized spacial score (nSPS) is 14.8. The molecule has 1 fully saturated rings. The Balaban J connectivity index is 1.65. The number of alkyl carbamates (subject to hydrolysis) is 1. The van der Waals surface area contributed by atoms with Gasteiger partial charge in [-0.3, -0.25) is 9.59 Å². The highest BCUT2D eigenvalue weighted by molar-refractivity contribution is 6.30. The summed E-state index contributed by atoms with van der Waals surface area (Å²) in [5.41, 5.74) is -0.614. The number of hydrogen-bond donors (Lipinski definition) is 2. The topological polar surface area (TPSA) is 97.0 Å². The lowest BCUT2D eigenvalue weighted by Gasteiger charge is -2.32. The number of carbonyl (C=O) groups excluding carboxylic acids is 3. The van der Waals surface area contributed by atoms with Crippen LogP contribution in [-0.4, -0.2) is 60.7 Å². The van der Waals surface area contributed by atoms with Gasteiger partial charge in [0.1, 0.15) is 17.9 Å². The second-order valence-electron chi connectivity index (χ2n) is 7.82. The van der Waals surface area contributed by atoms with Gasteiger partial charge in [0.2, 0.25) is 5.91 Å². The molecule has 1 aromatic carbocycles. The van der Waals surface area contributed by atoms with Crippen molar-refractivity contribution in [1.82, 2.24) is 15.5 Å². The van der Waals surface area contributed by atoms with E-state index < -0.39 is 11.7 Å². The van der Waals surface area contributed by atoms with Gasteiger partial charge in [0, 0.05) is 24.2 Å². The lowest BCUT2D eigenvalue weighted by atomic mass is 10.0. The zero-order valence-corrected chi connectivity index (χ0v) is 17.8. The van der Waals surface area contributed by atoms with Gasteiger partial charge in [0.15, 0.2) is 6.61 Å². The third-order valence-corrected chi connectivity index (χ3v) is 4.43. The SMILES string of the molecule is CC(C)(C)OC(=O)NCC(=O)NC1CCN(C(=O)COc2ccc(Cl)cc2)CC1. The minimum absolute atomic E-state index is 0.0378. The van der Waals surface area contributed by atoms with Crippen molar-refractivity contribution in [2.45, 2.75) is 45.3 Å². The average molecular weight is 426 g/mol. The summed E-state index contributed by atoms with van der Waals surface area (Å²) in [5, 5.41) is 5.90. The van der Waals surface area contributed by atoms with Gasteiger partial charge in [-0.2, -0.15) is 0 Å². The van der Waals surface area contributed by atoms with Gasteiger partial charge in [-0.05, 0) is 57.9 Å². The summed E-state index contributed by atoms with van der Waals surface area (Å²) in [6.07, 6.45) is 0.657. The number of benzene rings is 1. The minimum atomic E-state index is -0.631. The molecule has 0 aromatic heterocycles. The molecule has 8 nitrogen and oxygen atoms in total. The summed E-state index contributed by atoms with van der Waals surface area (Å²) in [6, 6.07) is 6.79. The molecule has 0 bridgehead atoms. The van der Waals surface area contributed by atoms with Crippen molar-refractivity contribution in [2.24, 2.45) is 0 Å². The summed E-state index contributed by atoms with van der Waals surface area (Å²) in [4.78, 5) is 37.6. The Bertz CT molecular complexity index is 710. The highest BCUT2D eigenvalue weighted by atomic mass is 35.5. The molecule has 2 rings (SSSR count). The van der Waals surface area contributed by atoms with Crippen molar-refractivity contribution in [3.8, 4) is 5.75 Å². The molecule has 1 heterocycles. The van der Waals surface area contributed by atoms with Crippen molar-refractivity contribution in [3.05, 3.63) is 29.3 Å². The molecule has 160 valence electrons. The van der Waals surface area contributed by atoms with Crippen LogP contribution in [0.5, 0.6) is 5.75 Å². The molecule has 9 heteroatoms. The van der Waals surface area contributed by atoms with Crippen molar-refractivity contribution in [3.63, 3.8) is 0 Å². The zero-order chi connectivity index (χ0) is 21.4. The number of halogens is 1. The maximum absolute atomic E-state index is 12.3. The molecule has 1 aliphatic heterocycles. The van der Waals surface area contributed by atoms with Crippen LogP contribution in [-0.2, 0) is 14.3 Å². The first kappa shape index (κ1) is 22.8. The zero-order valence-electron chi connectivity index (χ0n) is 17.0. The number of nitrogens with zero attached hydrogens (tertiary/aromatic N) is 1. The highest BCUT2D eigenvalue weighted by Crippen LogP contribution is 2.16. The van der Waals surface area contributed by atoms with Crippen LogP contribution in [0.3, 0.4) is 0 Å². The van der Waals surface area contributed by atoms with E-state index in [1.807, 2.05) is 0 Å². The molecular weight excluding hydrogens is 398 g/mol. The van der Waals surface area contributed by atoms with E-state index in [0.29, 0.717) is 36.7 Å². The molecule has 0 unspecified atom stereocenters. The Hall–Kier alpha value is -2.48. The second-order valence-corrected chi connectivity index (χ2v) is 8.26. The quantitative estimate of drug-likeness (QED) is 0.729. The van der Waals surface area contributed by atoms with E-state index in [2.05, 4.69) is 10.6 Å². The summed E-state index contributed by atoms with van der Waals surface area (Å²) in [5.74, 6) is 0.199. The molecule has 0 spiro atoms. The van der Waals surface area contributed by atoms with E-state index in [1.165, 1.54) is 0 Å². The Labute approximate surface area is 175 Å². The Kier molecular flexibility index (Phi) is 8.13. The van der Waals surface area contributed by atoms with Crippen molar-refractivity contribution in [1.29, 1.82) is 0 Å². The first-order chi connectivity index (χ1) is 13.6. The number of ether oxygens (including phenoxy) is 2. The van der Waals surface area contributed by atoms with Crippen molar-refractivity contribution in [2.75, 3.05) is 26.2 Å². The smallest absolute Gasteiger partial charge is 0.408 e. The van der Waals surface area contributed by atoms with E-state index in [1.54, 1.807) is 49.9 Å². The molecule has 3 amide bonds. The molecule has 0 atom stereocenters. The van der Waals surface area contributed by atoms with Gasteiger partial charge in [0.25, 0.3) is 5.91 Å². The van der Waals surface area contributed by atoms with Crippen molar-refractivity contribution >= 4 is 29.5 Å². The molecule has 0 radical (unpaired) electrons. The molecule has 1 aromatic rings. The number of piperidine rings is 1. The summed E-state index contributed by atoms with van der Waals surface area (Å²) < 4.78 is 10.6. The second kappa shape index (κ2) is 10.3. The lowest BCUT2D eigenvalue weighted by molar-refractivity contribution is -0.134. The Morgan fingerprint density at radius 2 is 1.76 bits per heavy atom. The highest BCUT2D eigenvalue weighted by Gasteiger charge is 2.24. The van der Waals surface area contributed by atoms with Crippen LogP contribution < -0.4 is 15.4 Å². The fourth-order valence-electron chi connectivity index (χ4n) is 2.79. The van der Waals surface area contributed by atoms with Gasteiger partial charge in [-0.15, -0.1) is 0 Å². The monoisotopic (exact) mass is 425 g/mol. The van der Waals surface area contributed by atoms with E-state index >= 15 is 0 Å². The first-order valence-corrected chi connectivity index (χ1v) is 9.92. The molecule has 0 aliphatic carbocycles. The number of carbonyl (C=O) groups is 3. The molecule has 29 heavy (non-hydrogen) atoms. The maximum Gasteiger partial charge on any atom is 0.408 e. The molecule has 2 N–H and O–H groups in total. The van der Waals surface area contributed by atoms with E-state index in [9.17, 15) is 14.4 Å². The lowest BCUT2D eigenvalue weighted by Crippen LogP contribution is -2.49. The predicted molar refractivity (Wildman–Crippen MR) is 109 cm³/mol. The number of rotatable bonds is 6. The Morgan fingerprint density at radius 1 is 1.14 bits per heavy atom. The number of likely N-dealkylation sites (tertiary alicyclic amines) is 1. The van der Waals surface area contributed by atoms with Crippen LogP contribution in [0.4, 0.5) is 4.79 Å². The van der Waals surface area contributed by atoms with Crippen molar-refractivity contribution < 1.29 is 23.9 Å².